The number of carboxylic acid groups (broad SMARTS) is 1. The Hall–Kier alpha value is -2.62. The van der Waals surface area contributed by atoms with Gasteiger partial charge in [-0.05, 0) is 48.2 Å². The van der Waals surface area contributed by atoms with E-state index in [1.165, 1.54) is 0 Å². The van der Waals surface area contributed by atoms with Crippen LogP contribution in [0.5, 0.6) is 5.75 Å². The van der Waals surface area contributed by atoms with E-state index in [4.69, 9.17) is 9.84 Å². The van der Waals surface area contributed by atoms with Crippen molar-refractivity contribution in [3.05, 3.63) is 64.7 Å². The average Bonchev–Trinajstić information content (AvgIpc) is 2.53. The summed E-state index contributed by atoms with van der Waals surface area (Å²) >= 11 is 0. The Morgan fingerprint density at radius 3 is 2.26 bits per heavy atom. The maximum atomic E-state index is 11.5. The first kappa shape index (κ1) is 16.7. The van der Waals surface area contributed by atoms with Crippen LogP contribution in [0, 0.1) is 0 Å². The molecular formula is C19H20O4. The zero-order chi connectivity index (χ0) is 16.8. The van der Waals surface area contributed by atoms with Crippen molar-refractivity contribution < 1.29 is 19.4 Å². The number of carbonyl (C=O) groups is 2. The van der Waals surface area contributed by atoms with Crippen LogP contribution in [0.2, 0.25) is 0 Å². The first-order chi connectivity index (χ1) is 11.0. The summed E-state index contributed by atoms with van der Waals surface area (Å²) in [7, 11) is 0. The molecule has 0 aliphatic heterocycles. The van der Waals surface area contributed by atoms with Crippen molar-refractivity contribution in [3.8, 4) is 5.75 Å². The number of hydrogen-bond acceptors (Lipinski definition) is 3. The molecule has 2 aromatic carbocycles. The van der Waals surface area contributed by atoms with Crippen molar-refractivity contribution in [2.75, 3.05) is 0 Å². The van der Waals surface area contributed by atoms with Gasteiger partial charge in [-0.3, -0.25) is 9.59 Å². The quantitative estimate of drug-likeness (QED) is 0.793. The molecule has 0 amide bonds. The van der Waals surface area contributed by atoms with Crippen LogP contribution < -0.4 is 4.74 Å². The summed E-state index contributed by atoms with van der Waals surface area (Å²) in [5, 5.41) is 8.75. The smallest absolute Gasteiger partial charge is 0.307 e. The van der Waals surface area contributed by atoms with E-state index in [1.54, 1.807) is 31.2 Å². The molecule has 0 saturated carbocycles. The molecule has 23 heavy (non-hydrogen) atoms. The lowest BCUT2D eigenvalue weighted by molar-refractivity contribution is -0.136. The van der Waals surface area contributed by atoms with E-state index in [-0.39, 0.29) is 12.2 Å². The molecule has 0 unspecified atom stereocenters. The highest BCUT2D eigenvalue weighted by Crippen LogP contribution is 2.20. The monoisotopic (exact) mass is 312 g/mol. The predicted molar refractivity (Wildman–Crippen MR) is 87.9 cm³/mol. The molecular weight excluding hydrogens is 292 g/mol. The highest BCUT2D eigenvalue weighted by Gasteiger charge is 2.07. The molecule has 0 spiro atoms. The van der Waals surface area contributed by atoms with Gasteiger partial charge in [-0.1, -0.05) is 31.2 Å². The zero-order valence-corrected chi connectivity index (χ0v) is 13.3. The third-order valence-corrected chi connectivity index (χ3v) is 3.62. The molecule has 4 nitrogen and oxygen atoms in total. The molecule has 0 heterocycles. The van der Waals surface area contributed by atoms with E-state index in [2.05, 4.69) is 0 Å². The highest BCUT2D eigenvalue weighted by atomic mass is 16.5. The van der Waals surface area contributed by atoms with Gasteiger partial charge in [0, 0.05) is 5.56 Å². The molecule has 4 heteroatoms. The molecule has 0 aromatic heterocycles. The standard InChI is InChI=1S/C19H20O4/c1-3-16-11-17(8-9-18(16)13(2)20)23-12-15-6-4-14(5-7-15)10-19(21)22/h4-9,11H,3,10,12H2,1-2H3,(H,21,22). The zero-order valence-electron chi connectivity index (χ0n) is 13.3. The Kier molecular flexibility index (Phi) is 5.52. The van der Waals surface area contributed by atoms with Gasteiger partial charge in [-0.2, -0.15) is 0 Å². The van der Waals surface area contributed by atoms with Crippen LogP contribution in [0.1, 0.15) is 40.9 Å². The van der Waals surface area contributed by atoms with E-state index in [1.807, 2.05) is 25.1 Å². The number of carboxylic acids is 1. The number of ether oxygens (including phenoxy) is 1. The fraction of sp³-hybridized carbons (Fsp3) is 0.263. The molecule has 0 fully saturated rings. The first-order valence-electron chi connectivity index (χ1n) is 7.56. The summed E-state index contributed by atoms with van der Waals surface area (Å²) in [6.07, 6.45) is 0.795. The van der Waals surface area contributed by atoms with E-state index < -0.39 is 5.97 Å². The van der Waals surface area contributed by atoms with Crippen molar-refractivity contribution in [2.45, 2.75) is 33.3 Å². The van der Waals surface area contributed by atoms with Gasteiger partial charge in [0.2, 0.25) is 0 Å². The fourth-order valence-corrected chi connectivity index (χ4v) is 2.39. The Bertz CT molecular complexity index is 702. The SMILES string of the molecule is CCc1cc(OCc2ccc(CC(=O)O)cc2)ccc1C(C)=O. The molecule has 0 aliphatic rings. The minimum absolute atomic E-state index is 0.0213. The summed E-state index contributed by atoms with van der Waals surface area (Å²) in [5.41, 5.74) is 3.44. The van der Waals surface area contributed by atoms with Crippen molar-refractivity contribution in [1.82, 2.24) is 0 Å². The minimum atomic E-state index is -0.841. The molecule has 0 radical (unpaired) electrons. The Morgan fingerprint density at radius 2 is 1.70 bits per heavy atom. The summed E-state index contributed by atoms with van der Waals surface area (Å²) in [4.78, 5) is 22.2. The molecule has 0 aliphatic carbocycles. The van der Waals surface area contributed by atoms with Gasteiger partial charge in [0.25, 0.3) is 0 Å². The topological polar surface area (TPSA) is 63.6 Å². The van der Waals surface area contributed by atoms with Crippen molar-refractivity contribution in [2.24, 2.45) is 0 Å². The summed E-state index contributed by atoms with van der Waals surface area (Å²) in [5.74, 6) is -0.0597. The van der Waals surface area contributed by atoms with E-state index in [0.717, 1.165) is 34.4 Å². The number of Topliss-reactive ketones (excluding diaryl/α,β-unsaturated/α-hetero) is 1. The van der Waals surface area contributed by atoms with Gasteiger partial charge >= 0.3 is 5.97 Å². The van der Waals surface area contributed by atoms with E-state index in [9.17, 15) is 9.59 Å². The van der Waals surface area contributed by atoms with Gasteiger partial charge in [-0.15, -0.1) is 0 Å². The second kappa shape index (κ2) is 7.58. The lowest BCUT2D eigenvalue weighted by Gasteiger charge is -2.10. The van der Waals surface area contributed by atoms with Gasteiger partial charge in [0.1, 0.15) is 12.4 Å². The Morgan fingerprint density at radius 1 is 1.04 bits per heavy atom. The third kappa shape index (κ3) is 4.68. The minimum Gasteiger partial charge on any atom is -0.489 e. The number of aryl methyl sites for hydroxylation is 1. The van der Waals surface area contributed by atoms with Gasteiger partial charge in [-0.25, -0.2) is 0 Å². The maximum absolute atomic E-state index is 11.5. The van der Waals surface area contributed by atoms with Crippen LogP contribution in [0.4, 0.5) is 0 Å². The Labute approximate surface area is 135 Å². The van der Waals surface area contributed by atoms with Crippen molar-refractivity contribution >= 4 is 11.8 Å². The number of ketones is 1. The van der Waals surface area contributed by atoms with Crippen LogP contribution in [-0.2, 0) is 24.2 Å². The third-order valence-electron chi connectivity index (χ3n) is 3.62. The number of carbonyl (C=O) groups excluding carboxylic acids is 1. The van der Waals surface area contributed by atoms with Crippen LogP contribution in [-0.4, -0.2) is 16.9 Å². The summed E-state index contributed by atoms with van der Waals surface area (Å²) in [6, 6.07) is 12.8. The highest BCUT2D eigenvalue weighted by molar-refractivity contribution is 5.95. The average molecular weight is 312 g/mol. The van der Waals surface area contributed by atoms with Crippen molar-refractivity contribution in [1.29, 1.82) is 0 Å². The summed E-state index contributed by atoms with van der Waals surface area (Å²) < 4.78 is 5.76. The summed E-state index contributed by atoms with van der Waals surface area (Å²) in [6.45, 7) is 3.97. The van der Waals surface area contributed by atoms with Gasteiger partial charge in [0.15, 0.2) is 5.78 Å². The largest absolute Gasteiger partial charge is 0.489 e. The number of aliphatic carboxylic acids is 1. The molecule has 2 aromatic rings. The molecule has 2 rings (SSSR count). The number of benzene rings is 2. The first-order valence-corrected chi connectivity index (χ1v) is 7.56. The van der Waals surface area contributed by atoms with Crippen molar-refractivity contribution in [3.63, 3.8) is 0 Å². The fourth-order valence-electron chi connectivity index (χ4n) is 2.39. The lowest BCUT2D eigenvalue weighted by atomic mass is 10.0. The molecule has 1 N–H and O–H groups in total. The van der Waals surface area contributed by atoms with Crippen LogP contribution >= 0.6 is 0 Å². The van der Waals surface area contributed by atoms with Crippen LogP contribution in [0.15, 0.2) is 42.5 Å². The second-order valence-electron chi connectivity index (χ2n) is 5.40. The van der Waals surface area contributed by atoms with Crippen LogP contribution in [0.25, 0.3) is 0 Å². The molecule has 0 atom stereocenters. The lowest BCUT2D eigenvalue weighted by Crippen LogP contribution is -2.02. The maximum Gasteiger partial charge on any atom is 0.307 e. The van der Waals surface area contributed by atoms with E-state index in [0.29, 0.717) is 6.61 Å². The predicted octanol–water partition coefficient (Wildman–Crippen LogP) is 3.66. The number of rotatable bonds is 7. The van der Waals surface area contributed by atoms with E-state index >= 15 is 0 Å². The Balaban J connectivity index is 2.03. The number of hydrogen-bond donors (Lipinski definition) is 1. The van der Waals surface area contributed by atoms with Crippen LogP contribution in [0.3, 0.4) is 0 Å². The molecule has 120 valence electrons. The molecule has 0 saturated heterocycles. The van der Waals surface area contributed by atoms with Gasteiger partial charge in [0.05, 0.1) is 6.42 Å². The normalized spacial score (nSPS) is 10.3. The second-order valence-corrected chi connectivity index (χ2v) is 5.40. The van der Waals surface area contributed by atoms with Gasteiger partial charge < -0.3 is 9.84 Å². The molecule has 0 bridgehead atoms.